The maximum atomic E-state index is 13.0. The Bertz CT molecular complexity index is 285. The van der Waals surface area contributed by atoms with Gasteiger partial charge in [0, 0.05) is 19.1 Å². The van der Waals surface area contributed by atoms with Crippen molar-refractivity contribution >= 4 is 5.91 Å². The number of nitrogens with zero attached hydrogens (tertiary/aromatic N) is 2. The van der Waals surface area contributed by atoms with Gasteiger partial charge in [-0.25, -0.2) is 0 Å². The zero-order valence-corrected chi connectivity index (χ0v) is 13.3. The van der Waals surface area contributed by atoms with Crippen LogP contribution in [0, 0.1) is 0 Å². The zero-order chi connectivity index (χ0) is 14.5. The average Bonchev–Trinajstić information content (AvgIpc) is 2.79. The van der Waals surface area contributed by atoms with Gasteiger partial charge >= 0.3 is 0 Å². The van der Waals surface area contributed by atoms with Crippen LogP contribution in [-0.2, 0) is 4.79 Å². The number of hydrogen-bond donors (Lipinski definition) is 1. The second-order valence-corrected chi connectivity index (χ2v) is 6.06. The minimum Gasteiger partial charge on any atom is -0.337 e. The molecule has 2 unspecified atom stereocenters. The molecular weight excluding hydrogens is 238 g/mol. The second kappa shape index (κ2) is 7.25. The molecule has 0 aromatic heterocycles. The third-order valence-corrected chi connectivity index (χ3v) is 4.09. The lowest BCUT2D eigenvalue weighted by atomic mass is 9.89. The topological polar surface area (TPSA) is 35.6 Å². The Balaban J connectivity index is 2.80. The standard InChI is InChI=1S/C15H31N3O/c1-6-9-15(10-8-11-16-15)14(19)18(7-2)13(3)12-17(4)5/h13,16H,6-12H2,1-5H3. The van der Waals surface area contributed by atoms with E-state index in [9.17, 15) is 4.79 Å². The van der Waals surface area contributed by atoms with Crippen molar-refractivity contribution in [1.82, 2.24) is 15.1 Å². The number of amides is 1. The van der Waals surface area contributed by atoms with E-state index >= 15 is 0 Å². The summed E-state index contributed by atoms with van der Waals surface area (Å²) in [6, 6.07) is 0.267. The van der Waals surface area contributed by atoms with Gasteiger partial charge in [-0.3, -0.25) is 4.79 Å². The van der Waals surface area contributed by atoms with Crippen LogP contribution in [0.25, 0.3) is 0 Å². The molecule has 1 heterocycles. The van der Waals surface area contributed by atoms with Crippen LogP contribution in [0.2, 0.25) is 0 Å². The number of carbonyl (C=O) groups is 1. The Morgan fingerprint density at radius 1 is 1.37 bits per heavy atom. The first-order valence-corrected chi connectivity index (χ1v) is 7.67. The lowest BCUT2D eigenvalue weighted by Crippen LogP contribution is -2.58. The summed E-state index contributed by atoms with van der Waals surface area (Å²) >= 11 is 0. The highest BCUT2D eigenvalue weighted by atomic mass is 16.2. The number of likely N-dealkylation sites (N-methyl/N-ethyl adjacent to an activating group) is 2. The highest BCUT2D eigenvalue weighted by Gasteiger charge is 2.43. The maximum Gasteiger partial charge on any atom is 0.243 e. The molecule has 2 atom stereocenters. The molecule has 1 amide bonds. The molecule has 19 heavy (non-hydrogen) atoms. The Labute approximate surface area is 118 Å². The number of hydrogen-bond acceptors (Lipinski definition) is 3. The van der Waals surface area contributed by atoms with E-state index in [1.807, 2.05) is 4.90 Å². The molecule has 1 aliphatic rings. The molecule has 0 radical (unpaired) electrons. The summed E-state index contributed by atoms with van der Waals surface area (Å²) in [5.74, 6) is 0.309. The van der Waals surface area contributed by atoms with E-state index in [-0.39, 0.29) is 11.6 Å². The van der Waals surface area contributed by atoms with Crippen molar-refractivity contribution in [3.63, 3.8) is 0 Å². The molecule has 4 heteroatoms. The first-order valence-electron chi connectivity index (χ1n) is 7.67. The van der Waals surface area contributed by atoms with Gasteiger partial charge in [-0.05, 0) is 53.8 Å². The van der Waals surface area contributed by atoms with E-state index in [1.165, 1.54) is 0 Å². The van der Waals surface area contributed by atoms with Crippen molar-refractivity contribution < 1.29 is 4.79 Å². The third-order valence-electron chi connectivity index (χ3n) is 4.09. The van der Waals surface area contributed by atoms with Crippen LogP contribution >= 0.6 is 0 Å². The molecule has 0 aromatic carbocycles. The van der Waals surface area contributed by atoms with Gasteiger partial charge in [0.25, 0.3) is 0 Å². The van der Waals surface area contributed by atoms with Gasteiger partial charge in [-0.2, -0.15) is 0 Å². The van der Waals surface area contributed by atoms with Crippen molar-refractivity contribution in [2.75, 3.05) is 33.7 Å². The summed E-state index contributed by atoms with van der Waals surface area (Å²) in [6.07, 6.45) is 4.12. The normalized spacial score (nSPS) is 24.7. The van der Waals surface area contributed by atoms with Crippen LogP contribution in [0.1, 0.15) is 46.5 Å². The molecule has 4 nitrogen and oxygen atoms in total. The maximum absolute atomic E-state index is 13.0. The Morgan fingerprint density at radius 3 is 2.47 bits per heavy atom. The molecule has 112 valence electrons. The van der Waals surface area contributed by atoms with Gasteiger partial charge in [-0.15, -0.1) is 0 Å². The highest BCUT2D eigenvalue weighted by Crippen LogP contribution is 2.27. The van der Waals surface area contributed by atoms with Crippen molar-refractivity contribution in [3.05, 3.63) is 0 Å². The summed E-state index contributed by atoms with van der Waals surface area (Å²) in [5.41, 5.74) is -0.286. The minimum absolute atomic E-state index is 0.267. The van der Waals surface area contributed by atoms with E-state index in [4.69, 9.17) is 0 Å². The summed E-state index contributed by atoms with van der Waals surface area (Å²) < 4.78 is 0. The predicted octanol–water partition coefficient (Wildman–Crippen LogP) is 1.71. The minimum atomic E-state index is -0.286. The molecule has 1 fully saturated rings. The molecule has 0 aromatic rings. The highest BCUT2D eigenvalue weighted by molar-refractivity contribution is 5.87. The summed E-state index contributed by atoms with van der Waals surface area (Å²) in [4.78, 5) is 17.2. The van der Waals surface area contributed by atoms with Gasteiger partial charge in [0.2, 0.25) is 5.91 Å². The van der Waals surface area contributed by atoms with Gasteiger partial charge in [0.1, 0.15) is 0 Å². The second-order valence-electron chi connectivity index (χ2n) is 6.06. The third kappa shape index (κ3) is 3.93. The number of rotatable bonds is 7. The zero-order valence-electron chi connectivity index (χ0n) is 13.3. The van der Waals surface area contributed by atoms with E-state index in [0.717, 1.165) is 45.3 Å². The van der Waals surface area contributed by atoms with Gasteiger partial charge in [0.15, 0.2) is 0 Å². The lowest BCUT2D eigenvalue weighted by molar-refractivity contribution is -0.140. The van der Waals surface area contributed by atoms with Crippen LogP contribution in [0.5, 0.6) is 0 Å². The van der Waals surface area contributed by atoms with E-state index in [2.05, 4.69) is 45.1 Å². The molecule has 1 rings (SSSR count). The summed E-state index contributed by atoms with van der Waals surface area (Å²) in [7, 11) is 4.12. The molecular formula is C15H31N3O. The summed E-state index contributed by atoms with van der Waals surface area (Å²) in [6.45, 7) is 9.08. The quantitative estimate of drug-likeness (QED) is 0.764. The molecule has 0 bridgehead atoms. The van der Waals surface area contributed by atoms with Crippen LogP contribution in [0.4, 0.5) is 0 Å². The van der Waals surface area contributed by atoms with E-state index in [1.54, 1.807) is 0 Å². The van der Waals surface area contributed by atoms with Gasteiger partial charge < -0.3 is 15.1 Å². The van der Waals surface area contributed by atoms with Crippen molar-refractivity contribution in [2.45, 2.75) is 58.0 Å². The molecule has 0 aliphatic carbocycles. The van der Waals surface area contributed by atoms with Crippen LogP contribution in [0.15, 0.2) is 0 Å². The fraction of sp³-hybridized carbons (Fsp3) is 0.933. The lowest BCUT2D eigenvalue weighted by Gasteiger charge is -2.38. The first-order chi connectivity index (χ1) is 8.96. The Morgan fingerprint density at radius 2 is 2.05 bits per heavy atom. The van der Waals surface area contributed by atoms with E-state index in [0.29, 0.717) is 5.91 Å². The molecule has 1 saturated heterocycles. The average molecular weight is 269 g/mol. The van der Waals surface area contributed by atoms with Crippen LogP contribution in [0.3, 0.4) is 0 Å². The fourth-order valence-electron chi connectivity index (χ4n) is 3.29. The fourth-order valence-corrected chi connectivity index (χ4v) is 3.29. The number of nitrogens with one attached hydrogen (secondary N) is 1. The largest absolute Gasteiger partial charge is 0.337 e. The number of carbonyl (C=O) groups excluding carboxylic acids is 1. The van der Waals surface area contributed by atoms with Crippen molar-refractivity contribution in [1.29, 1.82) is 0 Å². The van der Waals surface area contributed by atoms with E-state index < -0.39 is 0 Å². The molecule has 0 spiro atoms. The van der Waals surface area contributed by atoms with Gasteiger partial charge in [-0.1, -0.05) is 13.3 Å². The predicted molar refractivity (Wildman–Crippen MR) is 80.3 cm³/mol. The van der Waals surface area contributed by atoms with Crippen LogP contribution in [-0.4, -0.2) is 61.0 Å². The molecule has 0 saturated carbocycles. The SMILES string of the molecule is CCCC1(C(=O)N(CC)C(C)CN(C)C)CCCN1. The van der Waals surface area contributed by atoms with Crippen molar-refractivity contribution in [3.8, 4) is 0 Å². The summed E-state index contributed by atoms with van der Waals surface area (Å²) in [5, 5.41) is 3.49. The first kappa shape index (κ1) is 16.4. The molecule has 1 N–H and O–H groups in total. The monoisotopic (exact) mass is 269 g/mol. The Kier molecular flexibility index (Phi) is 6.27. The van der Waals surface area contributed by atoms with Crippen LogP contribution < -0.4 is 5.32 Å². The smallest absolute Gasteiger partial charge is 0.243 e. The molecule has 1 aliphatic heterocycles. The Hall–Kier alpha value is -0.610. The van der Waals surface area contributed by atoms with Crippen molar-refractivity contribution in [2.24, 2.45) is 0 Å². The van der Waals surface area contributed by atoms with Gasteiger partial charge in [0.05, 0.1) is 5.54 Å².